The van der Waals surface area contributed by atoms with Gasteiger partial charge in [0.25, 0.3) is 0 Å². The average molecular weight is 743 g/mol. The highest BCUT2D eigenvalue weighted by atomic mass is 16.6. The first-order valence-corrected chi connectivity index (χ1v) is 22.2. The van der Waals surface area contributed by atoms with Crippen LogP contribution in [0, 0.1) is 0 Å². The first kappa shape index (κ1) is 50.4. The van der Waals surface area contributed by atoms with E-state index < -0.39 is 6.10 Å². The molecule has 0 heterocycles. The molecule has 0 spiro atoms. The molecule has 6 nitrogen and oxygen atoms in total. The number of ether oxygens (including phenoxy) is 3. The van der Waals surface area contributed by atoms with Crippen LogP contribution in [-0.2, 0) is 28.6 Å². The first-order chi connectivity index (χ1) is 26.0. The SMILES string of the molecule is CC\C=C/C=C\C=C/C=C\CCCCCCCC(=O)OCC(COC(=O)CCCCCCCCCCC)OC(=O)CCCCCCCCCCCCC. The summed E-state index contributed by atoms with van der Waals surface area (Å²) in [5, 5.41) is 0. The Morgan fingerprint density at radius 1 is 0.396 bits per heavy atom. The van der Waals surface area contributed by atoms with Crippen molar-refractivity contribution in [2.45, 2.75) is 219 Å². The second-order valence-corrected chi connectivity index (χ2v) is 14.7. The molecule has 1 atom stereocenters. The maximum absolute atomic E-state index is 12.7. The Labute approximate surface area is 327 Å². The molecule has 0 aromatic carbocycles. The molecule has 0 bridgehead atoms. The van der Waals surface area contributed by atoms with Gasteiger partial charge in [-0.2, -0.15) is 0 Å². The summed E-state index contributed by atoms with van der Waals surface area (Å²) in [5.41, 5.74) is 0. The minimum atomic E-state index is -0.775. The third-order valence-corrected chi connectivity index (χ3v) is 9.44. The van der Waals surface area contributed by atoms with Crippen LogP contribution >= 0.6 is 0 Å². The molecular weight excluding hydrogens is 661 g/mol. The normalized spacial score (nSPS) is 12.4. The van der Waals surface area contributed by atoms with E-state index in [9.17, 15) is 14.4 Å². The Kier molecular flexibility index (Phi) is 40.0. The lowest BCUT2D eigenvalue weighted by molar-refractivity contribution is -0.167. The number of carbonyl (C=O) groups excluding carboxylic acids is 3. The van der Waals surface area contributed by atoms with Crippen molar-refractivity contribution in [2.24, 2.45) is 0 Å². The summed E-state index contributed by atoms with van der Waals surface area (Å²) in [6.07, 6.45) is 48.0. The summed E-state index contributed by atoms with van der Waals surface area (Å²) in [6, 6.07) is 0. The lowest BCUT2D eigenvalue weighted by Crippen LogP contribution is -2.30. The fourth-order valence-electron chi connectivity index (χ4n) is 6.10. The van der Waals surface area contributed by atoms with Gasteiger partial charge in [0.05, 0.1) is 0 Å². The van der Waals surface area contributed by atoms with Gasteiger partial charge in [-0.05, 0) is 38.5 Å². The van der Waals surface area contributed by atoms with Gasteiger partial charge >= 0.3 is 17.9 Å². The highest BCUT2D eigenvalue weighted by Gasteiger charge is 2.19. The Morgan fingerprint density at radius 2 is 0.736 bits per heavy atom. The molecule has 0 saturated heterocycles. The molecule has 0 radical (unpaired) electrons. The predicted octanol–water partition coefficient (Wildman–Crippen LogP) is 14.0. The molecule has 0 aromatic heterocycles. The fraction of sp³-hybridized carbons (Fsp3) is 0.766. The zero-order valence-electron chi connectivity index (χ0n) is 34.8. The van der Waals surface area contributed by atoms with E-state index in [0.29, 0.717) is 19.3 Å². The number of esters is 3. The summed E-state index contributed by atoms with van der Waals surface area (Å²) in [6.45, 7) is 6.44. The van der Waals surface area contributed by atoms with Crippen LogP contribution in [0.25, 0.3) is 0 Å². The van der Waals surface area contributed by atoms with Crippen molar-refractivity contribution in [2.75, 3.05) is 13.2 Å². The highest BCUT2D eigenvalue weighted by molar-refractivity contribution is 5.71. The molecule has 6 heteroatoms. The number of allylic oxidation sites excluding steroid dienone is 8. The van der Waals surface area contributed by atoms with Gasteiger partial charge in [0.1, 0.15) is 13.2 Å². The third kappa shape index (κ3) is 40.4. The Balaban J connectivity index is 4.39. The lowest BCUT2D eigenvalue weighted by Gasteiger charge is -2.18. The van der Waals surface area contributed by atoms with Gasteiger partial charge < -0.3 is 14.2 Å². The Morgan fingerprint density at radius 3 is 1.15 bits per heavy atom. The van der Waals surface area contributed by atoms with Crippen LogP contribution in [0.15, 0.2) is 48.6 Å². The average Bonchev–Trinajstić information content (AvgIpc) is 3.15. The smallest absolute Gasteiger partial charge is 0.306 e. The summed E-state index contributed by atoms with van der Waals surface area (Å²) in [4.78, 5) is 37.6. The second kappa shape index (κ2) is 42.1. The summed E-state index contributed by atoms with van der Waals surface area (Å²) in [7, 11) is 0. The molecule has 1 unspecified atom stereocenters. The van der Waals surface area contributed by atoms with Crippen molar-refractivity contribution in [3.8, 4) is 0 Å². The van der Waals surface area contributed by atoms with Crippen LogP contribution in [0.5, 0.6) is 0 Å². The predicted molar refractivity (Wildman–Crippen MR) is 224 cm³/mol. The molecule has 0 fully saturated rings. The van der Waals surface area contributed by atoms with Crippen molar-refractivity contribution >= 4 is 17.9 Å². The largest absolute Gasteiger partial charge is 0.462 e. The minimum Gasteiger partial charge on any atom is -0.462 e. The zero-order valence-corrected chi connectivity index (χ0v) is 34.8. The molecule has 0 aliphatic rings. The maximum Gasteiger partial charge on any atom is 0.306 e. The van der Waals surface area contributed by atoms with Crippen LogP contribution in [0.2, 0.25) is 0 Å². The molecular formula is C47H82O6. The fourth-order valence-corrected chi connectivity index (χ4v) is 6.10. The number of carbonyl (C=O) groups is 3. The van der Waals surface area contributed by atoms with E-state index in [-0.39, 0.29) is 31.1 Å². The van der Waals surface area contributed by atoms with E-state index in [4.69, 9.17) is 14.2 Å². The maximum atomic E-state index is 12.7. The molecule has 0 aromatic rings. The van der Waals surface area contributed by atoms with Gasteiger partial charge in [-0.25, -0.2) is 0 Å². The number of rotatable bonds is 39. The molecule has 53 heavy (non-hydrogen) atoms. The molecule has 0 amide bonds. The number of unbranched alkanes of at least 4 members (excludes halogenated alkanes) is 23. The Bertz CT molecular complexity index is 949. The molecule has 306 valence electrons. The van der Waals surface area contributed by atoms with Crippen molar-refractivity contribution in [3.05, 3.63) is 48.6 Å². The topological polar surface area (TPSA) is 78.9 Å². The van der Waals surface area contributed by atoms with Crippen LogP contribution in [0.1, 0.15) is 213 Å². The van der Waals surface area contributed by atoms with E-state index in [1.54, 1.807) is 0 Å². The molecule has 0 rings (SSSR count). The van der Waals surface area contributed by atoms with Gasteiger partial charge in [-0.1, -0.05) is 204 Å². The molecule has 0 aliphatic carbocycles. The van der Waals surface area contributed by atoms with Crippen molar-refractivity contribution in [1.82, 2.24) is 0 Å². The first-order valence-electron chi connectivity index (χ1n) is 22.2. The lowest BCUT2D eigenvalue weighted by atomic mass is 10.1. The van der Waals surface area contributed by atoms with E-state index >= 15 is 0 Å². The quantitative estimate of drug-likeness (QED) is 0.0270. The Hall–Kier alpha value is -2.63. The van der Waals surface area contributed by atoms with Gasteiger partial charge in [-0.15, -0.1) is 0 Å². The van der Waals surface area contributed by atoms with Crippen LogP contribution in [0.4, 0.5) is 0 Å². The van der Waals surface area contributed by atoms with Crippen molar-refractivity contribution in [1.29, 1.82) is 0 Å². The standard InChI is InChI=1S/C47H82O6/c1-4-7-10-13-16-19-21-22-23-24-26-28-31-34-37-40-46(49)52-43-44(42-51-45(48)39-36-33-30-27-18-15-12-9-6-3)53-47(50)41-38-35-32-29-25-20-17-14-11-8-5-2/h7,10,13,16,19,21-23,44H,4-6,8-9,11-12,14-15,17-18,20,24-43H2,1-3H3/b10-7-,16-13-,21-19-,23-22-. The molecule has 0 aliphatic heterocycles. The summed E-state index contributed by atoms with van der Waals surface area (Å²) in [5.74, 6) is -0.906. The second-order valence-electron chi connectivity index (χ2n) is 14.7. The molecule has 0 N–H and O–H groups in total. The van der Waals surface area contributed by atoms with Gasteiger partial charge in [0, 0.05) is 19.3 Å². The third-order valence-electron chi connectivity index (χ3n) is 9.44. The van der Waals surface area contributed by atoms with Gasteiger partial charge in [0.2, 0.25) is 0 Å². The van der Waals surface area contributed by atoms with Crippen LogP contribution in [0.3, 0.4) is 0 Å². The van der Waals surface area contributed by atoms with E-state index in [1.165, 1.54) is 89.9 Å². The molecule has 0 saturated carbocycles. The van der Waals surface area contributed by atoms with Crippen molar-refractivity contribution < 1.29 is 28.6 Å². The highest BCUT2D eigenvalue weighted by Crippen LogP contribution is 2.14. The van der Waals surface area contributed by atoms with Crippen molar-refractivity contribution in [3.63, 3.8) is 0 Å². The monoisotopic (exact) mass is 743 g/mol. The number of hydrogen-bond donors (Lipinski definition) is 0. The summed E-state index contributed by atoms with van der Waals surface area (Å²) >= 11 is 0. The minimum absolute atomic E-state index is 0.0786. The number of hydrogen-bond acceptors (Lipinski definition) is 6. The van der Waals surface area contributed by atoms with E-state index in [1.807, 2.05) is 18.2 Å². The van der Waals surface area contributed by atoms with Crippen LogP contribution < -0.4 is 0 Å². The zero-order chi connectivity index (χ0) is 38.7. The van der Waals surface area contributed by atoms with E-state index in [2.05, 4.69) is 51.2 Å². The summed E-state index contributed by atoms with van der Waals surface area (Å²) < 4.78 is 16.6. The van der Waals surface area contributed by atoms with Gasteiger partial charge in [-0.3, -0.25) is 14.4 Å². The van der Waals surface area contributed by atoms with E-state index in [0.717, 1.165) is 83.5 Å². The van der Waals surface area contributed by atoms with Gasteiger partial charge in [0.15, 0.2) is 6.10 Å². The van der Waals surface area contributed by atoms with Crippen LogP contribution in [-0.4, -0.2) is 37.2 Å².